The number of thiophene rings is 1. The van der Waals surface area contributed by atoms with Crippen molar-refractivity contribution >= 4 is 29.1 Å². The molecule has 0 aromatic carbocycles. The summed E-state index contributed by atoms with van der Waals surface area (Å²) in [5.41, 5.74) is 0. The van der Waals surface area contributed by atoms with Gasteiger partial charge in [0.1, 0.15) is 0 Å². The van der Waals surface area contributed by atoms with Crippen LogP contribution in [0.1, 0.15) is 41.8 Å². The van der Waals surface area contributed by atoms with Crippen LogP contribution in [0, 0.1) is 0 Å². The van der Waals surface area contributed by atoms with Gasteiger partial charge in [-0.2, -0.15) is 0 Å². The van der Waals surface area contributed by atoms with Gasteiger partial charge in [-0.25, -0.2) is 0 Å². The molecule has 0 unspecified atom stereocenters. The second-order valence-corrected chi connectivity index (χ2v) is 5.49. The Kier molecular flexibility index (Phi) is 8.11. The molecule has 6 nitrogen and oxygen atoms in total. The number of carbonyl (C=O) groups is 3. The lowest BCUT2D eigenvalue weighted by Crippen LogP contribution is -2.30. The van der Waals surface area contributed by atoms with Gasteiger partial charge in [-0.3, -0.25) is 14.4 Å². The van der Waals surface area contributed by atoms with Crippen LogP contribution in [0.4, 0.5) is 0 Å². The summed E-state index contributed by atoms with van der Waals surface area (Å²) in [4.78, 5) is 34.0. The number of carboxylic acids is 1. The molecule has 3 N–H and O–H groups in total. The van der Waals surface area contributed by atoms with E-state index in [1.165, 1.54) is 11.3 Å². The van der Waals surface area contributed by atoms with Crippen molar-refractivity contribution in [3.05, 3.63) is 22.4 Å². The molecule has 0 radical (unpaired) electrons. The van der Waals surface area contributed by atoms with Gasteiger partial charge in [0.05, 0.1) is 4.88 Å². The fraction of sp³-hybridized carbons (Fsp3) is 0.500. The van der Waals surface area contributed by atoms with Crippen LogP contribution in [0.5, 0.6) is 0 Å². The summed E-state index contributed by atoms with van der Waals surface area (Å²) in [6.07, 6.45) is 2.58. The van der Waals surface area contributed by atoms with E-state index in [1.54, 1.807) is 12.1 Å². The zero-order valence-corrected chi connectivity index (χ0v) is 12.6. The lowest BCUT2D eigenvalue weighted by atomic mass is 10.2. The highest BCUT2D eigenvalue weighted by molar-refractivity contribution is 7.12. The highest BCUT2D eigenvalue weighted by atomic mass is 32.1. The van der Waals surface area contributed by atoms with E-state index < -0.39 is 5.97 Å². The first-order valence-electron chi connectivity index (χ1n) is 6.90. The van der Waals surface area contributed by atoms with Gasteiger partial charge < -0.3 is 15.7 Å². The van der Waals surface area contributed by atoms with Crippen molar-refractivity contribution in [1.29, 1.82) is 0 Å². The molecule has 0 atom stereocenters. The first kappa shape index (κ1) is 17.2. The van der Waals surface area contributed by atoms with Crippen molar-refractivity contribution in [3.63, 3.8) is 0 Å². The van der Waals surface area contributed by atoms with Crippen LogP contribution in [0.25, 0.3) is 0 Å². The number of aliphatic carboxylic acids is 1. The number of carbonyl (C=O) groups excluding carboxylic acids is 2. The minimum absolute atomic E-state index is 0.111. The van der Waals surface area contributed by atoms with Gasteiger partial charge in [-0.05, 0) is 24.3 Å². The van der Waals surface area contributed by atoms with Crippen molar-refractivity contribution in [2.24, 2.45) is 0 Å². The van der Waals surface area contributed by atoms with E-state index in [1.807, 2.05) is 5.38 Å². The quantitative estimate of drug-likeness (QED) is 0.572. The number of carboxylic acid groups (broad SMARTS) is 1. The van der Waals surface area contributed by atoms with Gasteiger partial charge in [-0.1, -0.05) is 12.5 Å². The van der Waals surface area contributed by atoms with Crippen molar-refractivity contribution in [2.75, 3.05) is 13.1 Å². The standard InChI is InChI=1S/C14H20N2O4S/c17-12(15-8-3-1-2-6-13(18)19)7-9-16-14(20)11-5-4-10-21-11/h4-5,10H,1-3,6-9H2,(H,15,17)(H,16,20)(H,18,19). The Bertz CT molecular complexity index is 460. The predicted octanol–water partition coefficient (Wildman–Crippen LogP) is 1.63. The molecule has 1 rings (SSSR count). The Morgan fingerprint density at radius 2 is 1.86 bits per heavy atom. The van der Waals surface area contributed by atoms with E-state index in [0.29, 0.717) is 24.4 Å². The van der Waals surface area contributed by atoms with Crippen molar-refractivity contribution < 1.29 is 19.5 Å². The molecule has 0 aliphatic heterocycles. The van der Waals surface area contributed by atoms with Crippen LogP contribution >= 0.6 is 11.3 Å². The van der Waals surface area contributed by atoms with E-state index in [2.05, 4.69) is 10.6 Å². The first-order chi connectivity index (χ1) is 10.1. The molecular weight excluding hydrogens is 292 g/mol. The molecule has 1 aromatic rings. The lowest BCUT2D eigenvalue weighted by Gasteiger charge is -2.06. The van der Waals surface area contributed by atoms with Gasteiger partial charge in [-0.15, -0.1) is 11.3 Å². The summed E-state index contributed by atoms with van der Waals surface area (Å²) in [5, 5.41) is 15.7. The van der Waals surface area contributed by atoms with E-state index in [4.69, 9.17) is 5.11 Å². The molecule has 0 bridgehead atoms. The average molecular weight is 312 g/mol. The smallest absolute Gasteiger partial charge is 0.303 e. The van der Waals surface area contributed by atoms with E-state index in [9.17, 15) is 14.4 Å². The molecule has 2 amide bonds. The number of hydrogen-bond donors (Lipinski definition) is 3. The second-order valence-electron chi connectivity index (χ2n) is 4.54. The van der Waals surface area contributed by atoms with Crippen LogP contribution in [0.3, 0.4) is 0 Å². The fourth-order valence-corrected chi connectivity index (χ4v) is 2.32. The highest BCUT2D eigenvalue weighted by Gasteiger charge is 2.06. The number of nitrogens with one attached hydrogen (secondary N) is 2. The third kappa shape index (κ3) is 8.09. The van der Waals surface area contributed by atoms with Crippen LogP contribution in [-0.4, -0.2) is 36.0 Å². The molecule has 1 aromatic heterocycles. The molecular formula is C14H20N2O4S. The summed E-state index contributed by atoms with van der Waals surface area (Å²) in [6, 6.07) is 3.54. The normalized spacial score (nSPS) is 10.1. The summed E-state index contributed by atoms with van der Waals surface area (Å²) in [5.74, 6) is -1.06. The minimum atomic E-state index is -0.791. The first-order valence-corrected chi connectivity index (χ1v) is 7.78. The minimum Gasteiger partial charge on any atom is -0.481 e. The Morgan fingerprint density at radius 1 is 1.05 bits per heavy atom. The number of unbranched alkanes of at least 4 members (excludes halogenated alkanes) is 2. The van der Waals surface area contributed by atoms with Crippen molar-refractivity contribution in [2.45, 2.75) is 32.1 Å². The third-order valence-corrected chi connectivity index (χ3v) is 3.64. The Balaban J connectivity index is 1.99. The monoisotopic (exact) mass is 312 g/mol. The summed E-state index contributed by atoms with van der Waals surface area (Å²) >= 11 is 1.36. The second kappa shape index (κ2) is 9.93. The highest BCUT2D eigenvalue weighted by Crippen LogP contribution is 2.07. The van der Waals surface area contributed by atoms with Gasteiger partial charge in [0.15, 0.2) is 0 Å². The molecule has 0 aliphatic carbocycles. The Hall–Kier alpha value is -1.89. The predicted molar refractivity (Wildman–Crippen MR) is 80.4 cm³/mol. The SMILES string of the molecule is O=C(O)CCCCCNC(=O)CCNC(=O)c1cccs1. The van der Waals surface area contributed by atoms with Gasteiger partial charge in [0, 0.05) is 25.9 Å². The summed E-state index contributed by atoms with van der Waals surface area (Å²) < 4.78 is 0. The van der Waals surface area contributed by atoms with Crippen LogP contribution in [0.15, 0.2) is 17.5 Å². The molecule has 7 heteroatoms. The van der Waals surface area contributed by atoms with E-state index >= 15 is 0 Å². The van der Waals surface area contributed by atoms with Crippen molar-refractivity contribution in [3.8, 4) is 0 Å². The van der Waals surface area contributed by atoms with Gasteiger partial charge in [0.25, 0.3) is 5.91 Å². The van der Waals surface area contributed by atoms with Crippen LogP contribution in [-0.2, 0) is 9.59 Å². The van der Waals surface area contributed by atoms with Crippen LogP contribution in [0.2, 0.25) is 0 Å². The molecule has 116 valence electrons. The summed E-state index contributed by atoms with van der Waals surface area (Å²) in [7, 11) is 0. The Morgan fingerprint density at radius 3 is 2.52 bits per heavy atom. The topological polar surface area (TPSA) is 95.5 Å². The maximum absolute atomic E-state index is 11.6. The maximum Gasteiger partial charge on any atom is 0.303 e. The van der Waals surface area contributed by atoms with Crippen LogP contribution < -0.4 is 10.6 Å². The largest absolute Gasteiger partial charge is 0.481 e. The maximum atomic E-state index is 11.6. The molecule has 0 saturated carbocycles. The number of hydrogen-bond acceptors (Lipinski definition) is 4. The zero-order chi connectivity index (χ0) is 15.5. The van der Waals surface area contributed by atoms with E-state index in [-0.39, 0.29) is 24.7 Å². The van der Waals surface area contributed by atoms with Gasteiger partial charge >= 0.3 is 5.97 Å². The number of amides is 2. The molecule has 0 aliphatic rings. The average Bonchev–Trinajstić information content (AvgIpc) is 2.96. The van der Waals surface area contributed by atoms with E-state index in [0.717, 1.165) is 12.8 Å². The fourth-order valence-electron chi connectivity index (χ4n) is 1.68. The molecule has 0 saturated heterocycles. The lowest BCUT2D eigenvalue weighted by molar-refractivity contribution is -0.137. The molecule has 21 heavy (non-hydrogen) atoms. The zero-order valence-electron chi connectivity index (χ0n) is 11.8. The molecule has 1 heterocycles. The molecule has 0 fully saturated rings. The summed E-state index contributed by atoms with van der Waals surface area (Å²) in [6.45, 7) is 0.846. The molecule has 0 spiro atoms. The third-order valence-electron chi connectivity index (χ3n) is 2.77. The van der Waals surface area contributed by atoms with Crippen molar-refractivity contribution in [1.82, 2.24) is 10.6 Å². The Labute approximate surface area is 127 Å². The van der Waals surface area contributed by atoms with Gasteiger partial charge in [0.2, 0.25) is 5.91 Å². The number of rotatable bonds is 10.